The number of hydrogen-bond donors (Lipinski definition) is 0. The molecule has 2 heterocycles. The summed E-state index contributed by atoms with van der Waals surface area (Å²) in [6.07, 6.45) is 2.95. The SMILES string of the molecule is Ic1nonc1-n1cncn1. The molecule has 0 amide bonds. The predicted octanol–water partition coefficient (Wildman–Crippen LogP) is 0.255. The van der Waals surface area contributed by atoms with E-state index in [9.17, 15) is 0 Å². The summed E-state index contributed by atoms with van der Waals surface area (Å²) in [5.41, 5.74) is 0. The van der Waals surface area contributed by atoms with Gasteiger partial charge in [0, 0.05) is 0 Å². The highest BCUT2D eigenvalue weighted by Crippen LogP contribution is 2.08. The van der Waals surface area contributed by atoms with Crippen LogP contribution in [0.2, 0.25) is 0 Å². The first-order valence-corrected chi connectivity index (χ1v) is 3.79. The minimum absolute atomic E-state index is 0.558. The second-order valence-corrected chi connectivity index (χ2v) is 2.74. The van der Waals surface area contributed by atoms with Crippen molar-refractivity contribution < 1.29 is 4.63 Å². The smallest absolute Gasteiger partial charge is 0.233 e. The Morgan fingerprint density at radius 1 is 1.45 bits per heavy atom. The van der Waals surface area contributed by atoms with Crippen LogP contribution >= 0.6 is 22.6 Å². The first-order chi connectivity index (χ1) is 5.38. The Bertz CT molecular complexity index is 341. The van der Waals surface area contributed by atoms with Gasteiger partial charge in [0.2, 0.25) is 5.82 Å². The molecule has 0 aliphatic rings. The Labute approximate surface area is 74.7 Å². The van der Waals surface area contributed by atoms with Crippen molar-refractivity contribution in [3.63, 3.8) is 0 Å². The summed E-state index contributed by atoms with van der Waals surface area (Å²) in [7, 11) is 0. The molecular weight excluding hydrogens is 261 g/mol. The molecule has 11 heavy (non-hydrogen) atoms. The molecule has 0 saturated heterocycles. The lowest BCUT2D eigenvalue weighted by molar-refractivity contribution is 0.303. The Hall–Kier alpha value is -0.990. The quantitative estimate of drug-likeness (QED) is 0.690. The summed E-state index contributed by atoms with van der Waals surface area (Å²) in [5, 5.41) is 11.1. The maximum absolute atomic E-state index is 4.47. The molecule has 2 rings (SSSR count). The van der Waals surface area contributed by atoms with Crippen LogP contribution < -0.4 is 0 Å². The van der Waals surface area contributed by atoms with Crippen molar-refractivity contribution in [2.75, 3.05) is 0 Å². The van der Waals surface area contributed by atoms with E-state index in [0.29, 0.717) is 9.52 Å². The highest BCUT2D eigenvalue weighted by atomic mass is 127. The molecule has 0 aliphatic heterocycles. The zero-order valence-electron chi connectivity index (χ0n) is 5.18. The topological polar surface area (TPSA) is 69.6 Å². The summed E-state index contributed by atoms with van der Waals surface area (Å²) in [6.45, 7) is 0. The van der Waals surface area contributed by atoms with Crippen LogP contribution in [0.3, 0.4) is 0 Å². The second kappa shape index (κ2) is 2.57. The van der Waals surface area contributed by atoms with Gasteiger partial charge in [-0.2, -0.15) is 9.78 Å². The summed E-state index contributed by atoms with van der Waals surface area (Å²) in [6, 6.07) is 0. The van der Waals surface area contributed by atoms with Gasteiger partial charge in [-0.15, -0.1) is 0 Å². The van der Waals surface area contributed by atoms with Crippen LogP contribution in [-0.2, 0) is 0 Å². The molecule has 7 heteroatoms. The molecule has 0 atom stereocenters. The molecule has 56 valence electrons. The Morgan fingerprint density at radius 2 is 2.36 bits per heavy atom. The van der Waals surface area contributed by atoms with E-state index >= 15 is 0 Å². The van der Waals surface area contributed by atoms with Gasteiger partial charge in [0.1, 0.15) is 12.7 Å². The van der Waals surface area contributed by atoms with E-state index in [1.807, 2.05) is 22.6 Å². The molecule has 0 aliphatic carbocycles. The first kappa shape index (κ1) is 6.70. The van der Waals surface area contributed by atoms with E-state index in [-0.39, 0.29) is 0 Å². The molecule has 0 bridgehead atoms. The van der Waals surface area contributed by atoms with Crippen molar-refractivity contribution in [2.45, 2.75) is 0 Å². The first-order valence-electron chi connectivity index (χ1n) is 2.71. The fraction of sp³-hybridized carbons (Fsp3) is 0. The van der Waals surface area contributed by atoms with E-state index < -0.39 is 0 Å². The van der Waals surface area contributed by atoms with Gasteiger partial charge in [0.25, 0.3) is 0 Å². The van der Waals surface area contributed by atoms with Gasteiger partial charge >= 0.3 is 0 Å². The molecular formula is C4H2IN5O. The van der Waals surface area contributed by atoms with Crippen molar-refractivity contribution >= 4 is 22.6 Å². The molecule has 6 nitrogen and oxygen atoms in total. The van der Waals surface area contributed by atoms with E-state index in [4.69, 9.17) is 0 Å². The monoisotopic (exact) mass is 263 g/mol. The third-order valence-corrected chi connectivity index (χ3v) is 1.75. The molecule has 0 spiro atoms. The zero-order chi connectivity index (χ0) is 7.68. The van der Waals surface area contributed by atoms with Crippen LogP contribution in [0.1, 0.15) is 0 Å². The lowest BCUT2D eigenvalue weighted by Gasteiger charge is -1.88. The highest BCUT2D eigenvalue weighted by molar-refractivity contribution is 14.1. The normalized spacial score (nSPS) is 10.3. The fourth-order valence-corrected chi connectivity index (χ4v) is 1.06. The van der Waals surface area contributed by atoms with Gasteiger partial charge in [-0.1, -0.05) is 0 Å². The fourth-order valence-electron chi connectivity index (χ4n) is 0.627. The lowest BCUT2D eigenvalue weighted by atomic mass is 10.8. The van der Waals surface area contributed by atoms with Crippen LogP contribution in [0.25, 0.3) is 5.82 Å². The largest absolute Gasteiger partial charge is 0.241 e. The number of halogens is 1. The number of hydrogen-bond acceptors (Lipinski definition) is 5. The van der Waals surface area contributed by atoms with Gasteiger partial charge < -0.3 is 0 Å². The predicted molar refractivity (Wildman–Crippen MR) is 41.9 cm³/mol. The third kappa shape index (κ3) is 1.11. The van der Waals surface area contributed by atoms with E-state index in [0.717, 1.165) is 0 Å². The zero-order valence-corrected chi connectivity index (χ0v) is 7.33. The van der Waals surface area contributed by atoms with Crippen molar-refractivity contribution in [3.05, 3.63) is 16.4 Å². The molecule has 0 radical (unpaired) electrons. The molecule has 0 unspecified atom stereocenters. The summed E-state index contributed by atoms with van der Waals surface area (Å²) in [5.74, 6) is 0.558. The average Bonchev–Trinajstić information content (AvgIpc) is 2.55. The lowest BCUT2D eigenvalue weighted by Crippen LogP contribution is -1.96. The maximum atomic E-state index is 4.47. The van der Waals surface area contributed by atoms with Crippen LogP contribution in [0.4, 0.5) is 0 Å². The maximum Gasteiger partial charge on any atom is 0.233 e. The van der Waals surface area contributed by atoms with Crippen molar-refractivity contribution in [3.8, 4) is 5.82 Å². The van der Waals surface area contributed by atoms with E-state index in [1.165, 1.54) is 17.3 Å². The molecule has 2 aromatic heterocycles. The summed E-state index contributed by atoms with van der Waals surface area (Å²) < 4.78 is 6.62. The molecule has 0 N–H and O–H groups in total. The van der Waals surface area contributed by atoms with Crippen molar-refractivity contribution in [1.82, 2.24) is 25.1 Å². The average molecular weight is 263 g/mol. The van der Waals surface area contributed by atoms with Crippen molar-refractivity contribution in [1.29, 1.82) is 0 Å². The minimum Gasteiger partial charge on any atom is -0.241 e. The second-order valence-electron chi connectivity index (χ2n) is 1.72. The number of aromatic nitrogens is 5. The van der Waals surface area contributed by atoms with Gasteiger partial charge in [-0.3, -0.25) is 0 Å². The Morgan fingerprint density at radius 3 is 2.91 bits per heavy atom. The van der Waals surface area contributed by atoms with Crippen LogP contribution in [-0.4, -0.2) is 25.1 Å². The minimum atomic E-state index is 0.558. The number of rotatable bonds is 1. The van der Waals surface area contributed by atoms with Crippen LogP contribution in [0, 0.1) is 3.70 Å². The molecule has 0 fully saturated rings. The van der Waals surface area contributed by atoms with E-state index in [2.05, 4.69) is 25.0 Å². The molecule has 0 aromatic carbocycles. The molecule has 0 saturated carbocycles. The van der Waals surface area contributed by atoms with Gasteiger partial charge in [-0.25, -0.2) is 9.61 Å². The Kier molecular flexibility index (Phi) is 1.56. The van der Waals surface area contributed by atoms with E-state index in [1.54, 1.807) is 0 Å². The summed E-state index contributed by atoms with van der Waals surface area (Å²) in [4.78, 5) is 3.76. The van der Waals surface area contributed by atoms with Gasteiger partial charge in [0.15, 0.2) is 3.70 Å². The van der Waals surface area contributed by atoms with Crippen LogP contribution in [0.15, 0.2) is 17.3 Å². The van der Waals surface area contributed by atoms with Crippen molar-refractivity contribution in [2.24, 2.45) is 0 Å². The third-order valence-electron chi connectivity index (χ3n) is 1.07. The highest BCUT2D eigenvalue weighted by Gasteiger charge is 2.08. The standard InChI is InChI=1S/C4H2IN5O/c5-3-4(9-11-8-3)10-2-6-1-7-10/h1-2H. The molecule has 2 aromatic rings. The van der Waals surface area contributed by atoms with Gasteiger partial charge in [-0.05, 0) is 32.9 Å². The number of nitrogens with zero attached hydrogens (tertiary/aromatic N) is 5. The van der Waals surface area contributed by atoms with Gasteiger partial charge in [0.05, 0.1) is 0 Å². The van der Waals surface area contributed by atoms with Crippen LogP contribution in [0.5, 0.6) is 0 Å². The Balaban J connectivity index is 2.53. The summed E-state index contributed by atoms with van der Waals surface area (Å²) >= 11 is 2.00.